The Hall–Kier alpha value is 0.300. The molecule has 1 aromatic rings. The molecule has 0 unspecified atom stereocenters. The molecule has 0 heterocycles. The Labute approximate surface area is 85.9 Å². The van der Waals surface area contributed by atoms with E-state index in [0.717, 1.165) is 4.43 Å². The van der Waals surface area contributed by atoms with Gasteiger partial charge in [-0.05, 0) is 30.4 Å². The summed E-state index contributed by atoms with van der Waals surface area (Å²) in [6.07, 6.45) is 2.12. The van der Waals surface area contributed by atoms with Gasteiger partial charge in [0.1, 0.15) is 0 Å². The summed E-state index contributed by atoms with van der Waals surface area (Å²) in [5, 5.41) is 0. The van der Waals surface area contributed by atoms with Gasteiger partial charge < -0.3 is 0 Å². The lowest BCUT2D eigenvalue weighted by atomic mass is 10.2. The number of alkyl halides is 1. The molecule has 1 rings (SSSR count). The van der Waals surface area contributed by atoms with E-state index in [0.29, 0.717) is 0 Å². The highest BCUT2D eigenvalue weighted by Crippen LogP contribution is 2.21. The number of benzene rings is 1. The molecule has 0 saturated carbocycles. The molecule has 0 bridgehead atoms. The van der Waals surface area contributed by atoms with Gasteiger partial charge in [0.25, 0.3) is 0 Å². The molecule has 0 aliphatic heterocycles. The average molecular weight is 278 g/mol. The van der Waals surface area contributed by atoms with Crippen LogP contribution in [0.2, 0.25) is 0 Å². The fourth-order valence-electron chi connectivity index (χ4n) is 1.02. The van der Waals surface area contributed by atoms with Crippen molar-refractivity contribution >= 4 is 34.4 Å². The van der Waals surface area contributed by atoms with Crippen molar-refractivity contribution in [2.24, 2.45) is 0 Å². The van der Waals surface area contributed by atoms with Crippen LogP contribution in [0.15, 0.2) is 23.1 Å². The molecule has 0 spiro atoms. The summed E-state index contributed by atoms with van der Waals surface area (Å²) in [5.74, 6) is 0. The molecule has 0 aliphatic rings. The Morgan fingerprint density at radius 1 is 1.45 bits per heavy atom. The monoisotopic (exact) mass is 278 g/mol. The van der Waals surface area contributed by atoms with Crippen LogP contribution in [0.1, 0.15) is 11.1 Å². The molecule has 0 aliphatic carbocycles. The highest BCUT2D eigenvalue weighted by Gasteiger charge is 1.96. The third kappa shape index (κ3) is 2.37. The number of rotatable bonds is 2. The minimum Gasteiger partial charge on any atom is -0.129 e. The van der Waals surface area contributed by atoms with Gasteiger partial charge in [-0.15, -0.1) is 11.8 Å². The SMILES string of the molecule is CSc1ccc(CI)cc1C. The van der Waals surface area contributed by atoms with Gasteiger partial charge in [0.2, 0.25) is 0 Å². The Bertz CT molecular complexity index is 245. The number of hydrogen-bond acceptors (Lipinski definition) is 1. The molecule has 11 heavy (non-hydrogen) atoms. The maximum atomic E-state index is 2.39. The van der Waals surface area contributed by atoms with Crippen LogP contribution in [0.3, 0.4) is 0 Å². The Morgan fingerprint density at radius 2 is 2.18 bits per heavy atom. The van der Waals surface area contributed by atoms with Crippen molar-refractivity contribution in [3.8, 4) is 0 Å². The molecule has 0 N–H and O–H groups in total. The number of hydrogen-bond donors (Lipinski definition) is 0. The Balaban J connectivity index is 2.99. The fraction of sp³-hybridized carbons (Fsp3) is 0.333. The van der Waals surface area contributed by atoms with Crippen molar-refractivity contribution in [1.82, 2.24) is 0 Å². The lowest BCUT2D eigenvalue weighted by Gasteiger charge is -2.03. The number of halogens is 1. The second-order valence-electron chi connectivity index (χ2n) is 2.44. The van der Waals surface area contributed by atoms with Gasteiger partial charge in [-0.3, -0.25) is 0 Å². The molecule has 60 valence electrons. The van der Waals surface area contributed by atoms with Crippen LogP contribution in [-0.2, 0) is 4.43 Å². The van der Waals surface area contributed by atoms with Crippen LogP contribution in [0.5, 0.6) is 0 Å². The topological polar surface area (TPSA) is 0 Å². The zero-order valence-corrected chi connectivity index (χ0v) is 9.70. The molecular weight excluding hydrogens is 267 g/mol. The van der Waals surface area contributed by atoms with Gasteiger partial charge in [0.05, 0.1) is 0 Å². The quantitative estimate of drug-likeness (QED) is 0.452. The molecule has 0 fully saturated rings. The van der Waals surface area contributed by atoms with E-state index in [1.54, 1.807) is 0 Å². The van der Waals surface area contributed by atoms with Crippen molar-refractivity contribution in [2.75, 3.05) is 6.26 Å². The summed E-state index contributed by atoms with van der Waals surface area (Å²) in [6, 6.07) is 6.66. The molecule has 1 aromatic carbocycles. The molecular formula is C9H11IS. The van der Waals surface area contributed by atoms with Crippen molar-refractivity contribution in [1.29, 1.82) is 0 Å². The van der Waals surface area contributed by atoms with Crippen molar-refractivity contribution in [3.05, 3.63) is 29.3 Å². The molecule has 0 atom stereocenters. The summed E-state index contributed by atoms with van der Waals surface area (Å²) >= 11 is 4.20. The smallest absolute Gasteiger partial charge is 0.0247 e. The molecule has 0 saturated heterocycles. The maximum absolute atomic E-state index is 2.39. The lowest BCUT2D eigenvalue weighted by molar-refractivity contribution is 1.26. The van der Waals surface area contributed by atoms with Gasteiger partial charge in [-0.2, -0.15) is 0 Å². The minimum absolute atomic E-state index is 1.10. The average Bonchev–Trinajstić information content (AvgIpc) is 2.04. The number of aryl methyl sites for hydroxylation is 1. The van der Waals surface area contributed by atoms with E-state index in [-0.39, 0.29) is 0 Å². The van der Waals surface area contributed by atoms with Crippen LogP contribution >= 0.6 is 34.4 Å². The third-order valence-corrected chi connectivity index (χ3v) is 3.39. The van der Waals surface area contributed by atoms with Crippen LogP contribution in [0.25, 0.3) is 0 Å². The molecule has 2 heteroatoms. The first-order chi connectivity index (χ1) is 5.27. The Kier molecular flexibility index (Phi) is 3.72. The highest BCUT2D eigenvalue weighted by atomic mass is 127. The standard InChI is InChI=1S/C9H11IS/c1-7-5-8(6-10)3-4-9(7)11-2/h3-5H,6H2,1-2H3. The Morgan fingerprint density at radius 3 is 2.64 bits per heavy atom. The first-order valence-corrected chi connectivity index (χ1v) is 6.22. The highest BCUT2D eigenvalue weighted by molar-refractivity contribution is 14.1. The predicted molar refractivity (Wildman–Crippen MR) is 60.7 cm³/mol. The zero-order chi connectivity index (χ0) is 8.27. The lowest BCUT2D eigenvalue weighted by Crippen LogP contribution is -1.82. The summed E-state index contributed by atoms with van der Waals surface area (Å²) in [4.78, 5) is 1.39. The van der Waals surface area contributed by atoms with Gasteiger partial charge in [0.15, 0.2) is 0 Å². The van der Waals surface area contributed by atoms with Crippen LogP contribution in [0.4, 0.5) is 0 Å². The summed E-state index contributed by atoms with van der Waals surface area (Å²) in [7, 11) is 0. The van der Waals surface area contributed by atoms with Gasteiger partial charge in [-0.25, -0.2) is 0 Å². The van der Waals surface area contributed by atoms with Crippen molar-refractivity contribution in [2.45, 2.75) is 16.2 Å². The van der Waals surface area contributed by atoms with Crippen molar-refractivity contribution < 1.29 is 0 Å². The van der Waals surface area contributed by atoms with E-state index in [9.17, 15) is 0 Å². The van der Waals surface area contributed by atoms with Crippen LogP contribution in [-0.4, -0.2) is 6.26 Å². The zero-order valence-electron chi connectivity index (χ0n) is 6.73. The summed E-state index contributed by atoms with van der Waals surface area (Å²) in [6.45, 7) is 2.17. The molecule has 0 aromatic heterocycles. The normalized spacial score (nSPS) is 10.1. The third-order valence-electron chi connectivity index (χ3n) is 1.61. The molecule has 0 radical (unpaired) electrons. The van der Waals surface area contributed by atoms with Crippen LogP contribution < -0.4 is 0 Å². The summed E-state index contributed by atoms with van der Waals surface area (Å²) in [5.41, 5.74) is 2.81. The van der Waals surface area contributed by atoms with Gasteiger partial charge >= 0.3 is 0 Å². The van der Waals surface area contributed by atoms with E-state index in [1.165, 1.54) is 16.0 Å². The van der Waals surface area contributed by atoms with E-state index < -0.39 is 0 Å². The van der Waals surface area contributed by atoms with E-state index >= 15 is 0 Å². The second-order valence-corrected chi connectivity index (χ2v) is 4.05. The molecule has 0 nitrogen and oxygen atoms in total. The van der Waals surface area contributed by atoms with Gasteiger partial charge in [0, 0.05) is 9.32 Å². The minimum atomic E-state index is 1.10. The first-order valence-electron chi connectivity index (χ1n) is 3.47. The predicted octanol–water partition coefficient (Wildman–Crippen LogP) is 3.65. The van der Waals surface area contributed by atoms with E-state index in [2.05, 4.69) is 54.0 Å². The molecule has 0 amide bonds. The largest absolute Gasteiger partial charge is 0.129 e. The second kappa shape index (κ2) is 4.36. The van der Waals surface area contributed by atoms with Gasteiger partial charge in [-0.1, -0.05) is 34.7 Å². The fourth-order valence-corrected chi connectivity index (χ4v) is 2.08. The van der Waals surface area contributed by atoms with Crippen LogP contribution in [0, 0.1) is 6.92 Å². The maximum Gasteiger partial charge on any atom is 0.0247 e. The van der Waals surface area contributed by atoms with E-state index in [4.69, 9.17) is 0 Å². The number of thioether (sulfide) groups is 1. The summed E-state index contributed by atoms with van der Waals surface area (Å²) < 4.78 is 1.10. The van der Waals surface area contributed by atoms with Crippen molar-refractivity contribution in [3.63, 3.8) is 0 Å². The first kappa shape index (κ1) is 9.39. The van der Waals surface area contributed by atoms with E-state index in [1.807, 2.05) is 11.8 Å².